The van der Waals surface area contributed by atoms with E-state index in [0.29, 0.717) is 24.4 Å². The van der Waals surface area contributed by atoms with Crippen molar-refractivity contribution in [3.05, 3.63) is 89.5 Å². The molecule has 0 bridgehead atoms. The van der Waals surface area contributed by atoms with Gasteiger partial charge in [-0.05, 0) is 67.4 Å². The maximum atomic E-state index is 12.7. The normalized spacial score (nSPS) is 11.1. The Balaban J connectivity index is 1.57. The lowest BCUT2D eigenvalue weighted by Crippen LogP contribution is -2.28. The van der Waals surface area contributed by atoms with Crippen LogP contribution in [-0.2, 0) is 10.0 Å². The first-order chi connectivity index (χ1) is 14.8. The Morgan fingerprint density at radius 2 is 1.61 bits per heavy atom. The number of aryl methyl sites for hydroxylation is 1. The molecule has 0 aliphatic carbocycles. The van der Waals surface area contributed by atoms with Gasteiger partial charge < -0.3 is 10.1 Å². The second-order valence-electron chi connectivity index (χ2n) is 7.13. The number of hydrogen-bond donors (Lipinski definition) is 1. The number of carbonyl (C=O) groups is 1. The van der Waals surface area contributed by atoms with Gasteiger partial charge >= 0.3 is 0 Å². The van der Waals surface area contributed by atoms with E-state index in [4.69, 9.17) is 4.74 Å². The standard InChI is InChI=1S/C24H26N2O4S/c1-18-8-7-11-23(19(18)2)30-17-16-25-24(27)20-12-14-21(15-13-20)26(3)31(28,29)22-9-5-4-6-10-22/h4-15H,16-17H2,1-3H3,(H,25,27). The molecule has 0 spiro atoms. The highest BCUT2D eigenvalue weighted by molar-refractivity contribution is 7.92. The molecule has 0 heterocycles. The van der Waals surface area contributed by atoms with Crippen LogP contribution in [0.3, 0.4) is 0 Å². The van der Waals surface area contributed by atoms with Crippen LogP contribution in [0.5, 0.6) is 5.75 Å². The second kappa shape index (κ2) is 9.66. The van der Waals surface area contributed by atoms with Crippen LogP contribution in [0.1, 0.15) is 21.5 Å². The van der Waals surface area contributed by atoms with E-state index >= 15 is 0 Å². The van der Waals surface area contributed by atoms with Gasteiger partial charge in [0, 0.05) is 12.6 Å². The van der Waals surface area contributed by atoms with Gasteiger partial charge in [-0.3, -0.25) is 9.10 Å². The van der Waals surface area contributed by atoms with Crippen molar-refractivity contribution in [1.82, 2.24) is 5.32 Å². The molecule has 0 saturated heterocycles. The molecule has 7 heteroatoms. The molecule has 0 saturated carbocycles. The summed E-state index contributed by atoms with van der Waals surface area (Å²) in [4.78, 5) is 12.6. The molecule has 3 aromatic rings. The summed E-state index contributed by atoms with van der Waals surface area (Å²) in [7, 11) is -2.17. The van der Waals surface area contributed by atoms with Gasteiger partial charge in [-0.15, -0.1) is 0 Å². The third-order valence-electron chi connectivity index (χ3n) is 5.09. The number of anilines is 1. The highest BCUT2D eigenvalue weighted by Crippen LogP contribution is 2.22. The summed E-state index contributed by atoms with van der Waals surface area (Å²) in [6, 6.07) is 20.5. The molecule has 0 unspecified atom stereocenters. The van der Waals surface area contributed by atoms with E-state index in [1.165, 1.54) is 11.4 Å². The molecule has 0 radical (unpaired) electrons. The predicted molar refractivity (Wildman–Crippen MR) is 122 cm³/mol. The molecule has 3 rings (SSSR count). The van der Waals surface area contributed by atoms with Crippen molar-refractivity contribution in [1.29, 1.82) is 0 Å². The number of nitrogens with zero attached hydrogens (tertiary/aromatic N) is 1. The van der Waals surface area contributed by atoms with Gasteiger partial charge in [0.15, 0.2) is 0 Å². The molecule has 0 atom stereocenters. The molecular formula is C24H26N2O4S. The molecule has 1 N–H and O–H groups in total. The van der Waals surface area contributed by atoms with E-state index in [9.17, 15) is 13.2 Å². The van der Waals surface area contributed by atoms with Crippen LogP contribution in [0.4, 0.5) is 5.69 Å². The summed E-state index contributed by atoms with van der Waals surface area (Å²) >= 11 is 0. The van der Waals surface area contributed by atoms with Gasteiger partial charge in [0.05, 0.1) is 17.1 Å². The molecule has 6 nitrogen and oxygen atoms in total. The number of amides is 1. The first-order valence-corrected chi connectivity index (χ1v) is 11.4. The maximum Gasteiger partial charge on any atom is 0.264 e. The zero-order valence-electron chi connectivity index (χ0n) is 17.8. The second-order valence-corrected chi connectivity index (χ2v) is 9.10. The Kier molecular flexibility index (Phi) is 6.97. The molecule has 0 aromatic heterocycles. The summed E-state index contributed by atoms with van der Waals surface area (Å²) in [5, 5.41) is 2.81. The number of carbonyl (C=O) groups excluding carboxylic acids is 1. The molecule has 0 aliphatic rings. The van der Waals surface area contributed by atoms with Crippen LogP contribution in [-0.4, -0.2) is 34.5 Å². The molecule has 0 fully saturated rings. The van der Waals surface area contributed by atoms with Crippen molar-refractivity contribution in [2.75, 3.05) is 24.5 Å². The summed E-state index contributed by atoms with van der Waals surface area (Å²) in [5.41, 5.74) is 3.15. The summed E-state index contributed by atoms with van der Waals surface area (Å²) < 4.78 is 32.4. The van der Waals surface area contributed by atoms with E-state index in [1.807, 2.05) is 32.0 Å². The fraction of sp³-hybridized carbons (Fsp3) is 0.208. The lowest BCUT2D eigenvalue weighted by Gasteiger charge is -2.19. The summed E-state index contributed by atoms with van der Waals surface area (Å²) in [5.74, 6) is 0.561. The molecule has 0 aliphatic heterocycles. The zero-order chi connectivity index (χ0) is 22.4. The zero-order valence-corrected chi connectivity index (χ0v) is 18.6. The largest absolute Gasteiger partial charge is 0.491 e. The number of sulfonamides is 1. The molecule has 1 amide bonds. The van der Waals surface area contributed by atoms with Gasteiger partial charge in [-0.1, -0.05) is 30.3 Å². The fourth-order valence-electron chi connectivity index (χ4n) is 3.02. The predicted octanol–water partition coefficient (Wildman–Crippen LogP) is 3.94. The van der Waals surface area contributed by atoms with Crippen molar-refractivity contribution < 1.29 is 17.9 Å². The molecular weight excluding hydrogens is 412 g/mol. The highest BCUT2D eigenvalue weighted by Gasteiger charge is 2.21. The number of rotatable bonds is 8. The Morgan fingerprint density at radius 3 is 2.29 bits per heavy atom. The van der Waals surface area contributed by atoms with Crippen molar-refractivity contribution >= 4 is 21.6 Å². The molecule has 162 valence electrons. The Morgan fingerprint density at radius 1 is 0.935 bits per heavy atom. The first kappa shape index (κ1) is 22.4. The Hall–Kier alpha value is -3.32. The minimum Gasteiger partial charge on any atom is -0.491 e. The number of benzene rings is 3. The van der Waals surface area contributed by atoms with Crippen LogP contribution in [0.25, 0.3) is 0 Å². The Bertz CT molecular complexity index is 1140. The molecule has 31 heavy (non-hydrogen) atoms. The average Bonchev–Trinajstić information content (AvgIpc) is 2.79. The Labute approximate surface area is 183 Å². The monoisotopic (exact) mass is 438 g/mol. The highest BCUT2D eigenvalue weighted by atomic mass is 32.2. The lowest BCUT2D eigenvalue weighted by molar-refractivity contribution is 0.0947. The van der Waals surface area contributed by atoms with Crippen LogP contribution in [0, 0.1) is 13.8 Å². The van der Waals surface area contributed by atoms with E-state index in [-0.39, 0.29) is 10.8 Å². The topological polar surface area (TPSA) is 75.7 Å². The van der Waals surface area contributed by atoms with Crippen molar-refractivity contribution in [3.63, 3.8) is 0 Å². The summed E-state index contributed by atoms with van der Waals surface area (Å²) in [6.45, 7) is 4.73. The summed E-state index contributed by atoms with van der Waals surface area (Å²) in [6.07, 6.45) is 0. The van der Waals surface area contributed by atoms with Gasteiger partial charge in [0.2, 0.25) is 0 Å². The first-order valence-electron chi connectivity index (χ1n) is 9.92. The average molecular weight is 439 g/mol. The van der Waals surface area contributed by atoms with Gasteiger partial charge in [0.25, 0.3) is 15.9 Å². The lowest BCUT2D eigenvalue weighted by atomic mass is 10.1. The fourth-order valence-corrected chi connectivity index (χ4v) is 4.24. The van der Waals surface area contributed by atoms with Gasteiger partial charge in [-0.2, -0.15) is 0 Å². The van der Waals surface area contributed by atoms with E-state index in [2.05, 4.69) is 5.32 Å². The molecule has 3 aromatic carbocycles. The van der Waals surface area contributed by atoms with Crippen LogP contribution < -0.4 is 14.4 Å². The third kappa shape index (κ3) is 5.24. The van der Waals surface area contributed by atoms with E-state index in [0.717, 1.165) is 16.9 Å². The van der Waals surface area contributed by atoms with Crippen LogP contribution in [0.15, 0.2) is 77.7 Å². The van der Waals surface area contributed by atoms with Crippen molar-refractivity contribution in [2.45, 2.75) is 18.7 Å². The van der Waals surface area contributed by atoms with Gasteiger partial charge in [-0.25, -0.2) is 8.42 Å². The van der Waals surface area contributed by atoms with Crippen molar-refractivity contribution in [3.8, 4) is 5.75 Å². The van der Waals surface area contributed by atoms with E-state index in [1.54, 1.807) is 54.6 Å². The third-order valence-corrected chi connectivity index (χ3v) is 6.89. The quantitative estimate of drug-likeness (QED) is 0.541. The van der Waals surface area contributed by atoms with E-state index < -0.39 is 10.0 Å². The smallest absolute Gasteiger partial charge is 0.264 e. The van der Waals surface area contributed by atoms with Crippen LogP contribution >= 0.6 is 0 Å². The minimum atomic E-state index is -3.66. The number of ether oxygens (including phenoxy) is 1. The van der Waals surface area contributed by atoms with Crippen molar-refractivity contribution in [2.24, 2.45) is 0 Å². The minimum absolute atomic E-state index is 0.211. The maximum absolute atomic E-state index is 12.7. The van der Waals surface area contributed by atoms with Gasteiger partial charge in [0.1, 0.15) is 12.4 Å². The number of hydrogen-bond acceptors (Lipinski definition) is 4. The van der Waals surface area contributed by atoms with Crippen LogP contribution in [0.2, 0.25) is 0 Å². The SMILES string of the molecule is Cc1cccc(OCCNC(=O)c2ccc(N(C)S(=O)(=O)c3ccccc3)cc2)c1C. The number of nitrogens with one attached hydrogen (secondary N) is 1.